The van der Waals surface area contributed by atoms with Crippen LogP contribution in [-0.4, -0.2) is 73.6 Å². The lowest BCUT2D eigenvalue weighted by Gasteiger charge is -2.35. The number of unbranched alkanes of at least 4 members (excludes halogenated alkanes) is 23. The Bertz CT molecular complexity index is 979. The third-order valence-corrected chi connectivity index (χ3v) is 12.7. The number of nitrogens with one attached hydrogen (secondary N) is 3. The Hall–Kier alpha value is -1.99. The highest BCUT2D eigenvalue weighted by Crippen LogP contribution is 2.46. The molecular weight excluding hydrogens is 762 g/mol. The molecule has 3 amide bonds. The van der Waals surface area contributed by atoms with Crippen LogP contribution in [-0.2, 0) is 23.4 Å². The van der Waals surface area contributed by atoms with Crippen LogP contribution in [0.15, 0.2) is 0 Å². The van der Waals surface area contributed by atoms with Crippen LogP contribution in [0, 0.1) is 11.3 Å². The van der Waals surface area contributed by atoms with E-state index in [0.717, 1.165) is 64.2 Å². The van der Waals surface area contributed by atoms with Gasteiger partial charge in [-0.2, -0.15) is 5.26 Å². The predicted molar refractivity (Wildman–Crippen MR) is 246 cm³/mol. The zero-order chi connectivity index (χ0) is 43.6. The van der Waals surface area contributed by atoms with Crippen molar-refractivity contribution < 1.29 is 28.2 Å². The molecule has 0 aromatic carbocycles. The smallest absolute Gasteiger partial charge is 0.407 e. The molecule has 0 aromatic heterocycles. The second-order valence-electron chi connectivity index (χ2n) is 16.9. The number of amides is 3. The number of ether oxygens (including phenoxy) is 1. The summed E-state index contributed by atoms with van der Waals surface area (Å²) in [5.41, 5.74) is 0. The molecule has 0 saturated heterocycles. The molecule has 1 unspecified atom stereocenters. The number of hydrogen-bond donors (Lipinski definition) is 3. The van der Waals surface area contributed by atoms with Gasteiger partial charge in [0, 0.05) is 31.5 Å². The van der Waals surface area contributed by atoms with Gasteiger partial charge in [-0.1, -0.05) is 155 Å². The Morgan fingerprint density at radius 2 is 0.932 bits per heavy atom. The number of carbonyl (C=O) groups is 3. The number of hydrogen-bond acceptors (Lipinski definition) is 8. The van der Waals surface area contributed by atoms with Gasteiger partial charge < -0.3 is 29.7 Å². The van der Waals surface area contributed by atoms with Gasteiger partial charge in [-0.25, -0.2) is 9.46 Å². The molecule has 0 aliphatic rings. The molecule has 0 bridgehead atoms. The van der Waals surface area contributed by atoms with E-state index in [4.69, 9.17) is 19.0 Å². The van der Waals surface area contributed by atoms with Gasteiger partial charge in [0.2, 0.25) is 11.8 Å². The van der Waals surface area contributed by atoms with Crippen LogP contribution in [0.3, 0.4) is 0 Å². The lowest BCUT2D eigenvalue weighted by molar-refractivity contribution is -0.121. The van der Waals surface area contributed by atoms with Crippen molar-refractivity contribution in [1.29, 1.82) is 5.26 Å². The molecule has 0 radical (unpaired) electrons. The molecule has 0 aliphatic carbocycles. The van der Waals surface area contributed by atoms with Crippen LogP contribution in [0.4, 0.5) is 4.79 Å². The molecule has 3 N–H and O–H groups in total. The highest BCUT2D eigenvalue weighted by Gasteiger charge is 2.27. The minimum absolute atomic E-state index is 0.0476. The Kier molecular flexibility index (Phi) is 41.3. The molecular formula is C47H92N5O6P. The van der Waals surface area contributed by atoms with Gasteiger partial charge in [0.25, 0.3) is 8.53 Å². The van der Waals surface area contributed by atoms with Crippen molar-refractivity contribution in [3.8, 4) is 6.07 Å². The van der Waals surface area contributed by atoms with Gasteiger partial charge in [0.15, 0.2) is 0 Å². The van der Waals surface area contributed by atoms with Crippen molar-refractivity contribution in [3.05, 3.63) is 0 Å². The van der Waals surface area contributed by atoms with E-state index in [0.29, 0.717) is 39.0 Å². The van der Waals surface area contributed by atoms with Crippen LogP contribution < -0.4 is 16.0 Å². The molecule has 11 nitrogen and oxygen atoms in total. The second kappa shape index (κ2) is 42.7. The van der Waals surface area contributed by atoms with E-state index in [9.17, 15) is 14.4 Å². The largest absolute Gasteiger partial charge is 0.442 e. The van der Waals surface area contributed by atoms with Gasteiger partial charge in [-0.3, -0.25) is 9.59 Å². The van der Waals surface area contributed by atoms with E-state index >= 15 is 0 Å². The lowest BCUT2D eigenvalue weighted by atomic mass is 10.1. The fourth-order valence-corrected chi connectivity index (χ4v) is 8.74. The third kappa shape index (κ3) is 37.5. The van der Waals surface area contributed by atoms with Gasteiger partial charge >= 0.3 is 6.09 Å². The van der Waals surface area contributed by atoms with Gasteiger partial charge in [-0.05, 0) is 53.4 Å². The summed E-state index contributed by atoms with van der Waals surface area (Å²) >= 11 is 0. The number of alkyl carbamates (subject to hydrolysis) is 1. The number of nitriles is 1. The number of rotatable bonds is 43. The first kappa shape index (κ1) is 57.0. The van der Waals surface area contributed by atoms with Crippen molar-refractivity contribution in [2.24, 2.45) is 0 Å². The quantitative estimate of drug-likeness (QED) is 0.0406. The minimum atomic E-state index is -1.24. The summed E-state index contributed by atoms with van der Waals surface area (Å²) in [5, 5.41) is 17.7. The normalized spacial score (nSPS) is 12.0. The molecule has 0 fully saturated rings. The number of nitrogens with zero attached hydrogens (tertiary/aromatic N) is 2. The Labute approximate surface area is 364 Å². The zero-order valence-corrected chi connectivity index (χ0v) is 40.0. The SMILES string of the molecule is CCCCCCCCCCCCCC(=O)NCC(CNC(=O)CCCCCCCCCCCCC)OC(=O)NCCCCCCOP(OCCC#N)N(C(C)C)C(C)C. The van der Waals surface area contributed by atoms with Crippen LogP contribution in [0.5, 0.6) is 0 Å². The highest BCUT2D eigenvalue weighted by atomic mass is 31.2. The Balaban J connectivity index is 4.62. The van der Waals surface area contributed by atoms with Crippen molar-refractivity contribution in [3.63, 3.8) is 0 Å². The summed E-state index contributed by atoms with van der Waals surface area (Å²) < 4.78 is 20.1. The second-order valence-corrected chi connectivity index (χ2v) is 18.4. The lowest BCUT2D eigenvalue weighted by Crippen LogP contribution is -2.44. The van der Waals surface area contributed by atoms with Gasteiger partial charge in [0.1, 0.15) is 6.10 Å². The molecule has 0 rings (SSSR count). The van der Waals surface area contributed by atoms with E-state index in [-0.39, 0.29) is 37.0 Å². The Morgan fingerprint density at radius 1 is 0.542 bits per heavy atom. The third-order valence-electron chi connectivity index (χ3n) is 10.5. The summed E-state index contributed by atoms with van der Waals surface area (Å²) in [7, 11) is -1.24. The maximum Gasteiger partial charge on any atom is 0.407 e. The van der Waals surface area contributed by atoms with Crippen molar-refractivity contribution in [2.45, 2.75) is 246 Å². The van der Waals surface area contributed by atoms with E-state index in [1.54, 1.807) is 0 Å². The molecule has 346 valence electrons. The van der Waals surface area contributed by atoms with Crippen LogP contribution >= 0.6 is 8.53 Å². The van der Waals surface area contributed by atoms with Crippen LogP contribution in [0.1, 0.15) is 228 Å². The molecule has 59 heavy (non-hydrogen) atoms. The topological polar surface area (TPSA) is 142 Å². The van der Waals surface area contributed by atoms with Crippen molar-refractivity contribution in [1.82, 2.24) is 20.6 Å². The zero-order valence-electron chi connectivity index (χ0n) is 39.1. The molecule has 12 heteroatoms. The summed E-state index contributed by atoms with van der Waals surface area (Å²) in [6.07, 6.45) is 30.6. The fourth-order valence-electron chi connectivity index (χ4n) is 7.11. The number of carbonyl (C=O) groups excluding carboxylic acids is 3. The summed E-state index contributed by atoms with van der Waals surface area (Å²) in [6, 6.07) is 2.66. The van der Waals surface area contributed by atoms with E-state index in [1.807, 2.05) is 0 Å². The van der Waals surface area contributed by atoms with Gasteiger partial charge in [0.05, 0.1) is 38.8 Å². The average molecular weight is 854 g/mol. The Morgan fingerprint density at radius 3 is 1.36 bits per heavy atom. The predicted octanol–water partition coefficient (Wildman–Crippen LogP) is 12.6. The molecule has 0 heterocycles. The summed E-state index contributed by atoms with van der Waals surface area (Å²) in [6.45, 7) is 14.7. The summed E-state index contributed by atoms with van der Waals surface area (Å²) in [4.78, 5) is 38.2. The first-order chi connectivity index (χ1) is 28.7. The molecule has 0 aromatic rings. The van der Waals surface area contributed by atoms with Crippen LogP contribution in [0.2, 0.25) is 0 Å². The first-order valence-corrected chi connectivity index (χ1v) is 25.5. The van der Waals surface area contributed by atoms with E-state index < -0.39 is 20.7 Å². The van der Waals surface area contributed by atoms with Crippen molar-refractivity contribution in [2.75, 3.05) is 32.8 Å². The molecule has 0 aliphatic heterocycles. The maximum atomic E-state index is 12.8. The molecule has 1 atom stereocenters. The monoisotopic (exact) mass is 854 g/mol. The fraction of sp³-hybridized carbons (Fsp3) is 0.915. The molecule has 0 saturated carbocycles. The van der Waals surface area contributed by atoms with E-state index in [1.165, 1.54) is 103 Å². The van der Waals surface area contributed by atoms with Gasteiger partial charge in [-0.15, -0.1) is 0 Å². The average Bonchev–Trinajstić information content (AvgIpc) is 3.20. The molecule has 0 spiro atoms. The summed E-state index contributed by atoms with van der Waals surface area (Å²) in [5.74, 6) is -0.0952. The highest BCUT2D eigenvalue weighted by molar-refractivity contribution is 7.44. The van der Waals surface area contributed by atoms with E-state index in [2.05, 4.69) is 68.2 Å². The maximum absolute atomic E-state index is 12.8. The first-order valence-electron chi connectivity index (χ1n) is 24.3. The van der Waals surface area contributed by atoms with Crippen LogP contribution in [0.25, 0.3) is 0 Å². The standard InChI is InChI=1S/C47H92N5O6P/c1-7-9-11-13-15-17-19-21-23-25-29-34-45(53)50-40-44(41-51-46(54)35-30-26-24-22-20-18-16-14-12-10-8-2)58-47(55)49-37-31-27-28-32-38-56-59(57-39-33-36-48)52(42(3)4)43(5)6/h42-44H,7-35,37-41H2,1-6H3,(H,49,55)(H,50,53)(H,51,54). The minimum Gasteiger partial charge on any atom is -0.442 e. The van der Waals surface area contributed by atoms with Crippen molar-refractivity contribution >= 4 is 26.4 Å².